The van der Waals surface area contributed by atoms with Gasteiger partial charge in [-0.05, 0) is 55.3 Å². The molecule has 3 rings (SSSR count). The molecule has 0 unspecified atom stereocenters. The monoisotopic (exact) mass is 392 g/mol. The maximum atomic E-state index is 14.7. The van der Waals surface area contributed by atoms with E-state index in [2.05, 4.69) is 10.6 Å². The number of amides is 1. The molecule has 0 saturated heterocycles. The van der Waals surface area contributed by atoms with Crippen LogP contribution in [0.2, 0.25) is 0 Å². The van der Waals surface area contributed by atoms with Crippen molar-refractivity contribution in [1.29, 1.82) is 0 Å². The zero-order chi connectivity index (χ0) is 18.7. The van der Waals surface area contributed by atoms with Gasteiger partial charge in [0.1, 0.15) is 11.6 Å². The van der Waals surface area contributed by atoms with Crippen molar-refractivity contribution in [2.45, 2.75) is 26.3 Å². The average molecular weight is 393 g/mol. The fourth-order valence-corrected chi connectivity index (χ4v) is 3.13. The van der Waals surface area contributed by atoms with Crippen LogP contribution in [-0.4, -0.2) is 25.3 Å². The number of ketones is 1. The predicted molar refractivity (Wildman–Crippen MR) is 104 cm³/mol. The molecule has 1 heterocycles. The topological polar surface area (TPSA) is 67.4 Å². The number of fused-ring (bicyclic) bond motifs is 1. The predicted octanol–water partition coefficient (Wildman–Crippen LogP) is 3.29. The quantitative estimate of drug-likeness (QED) is 0.766. The van der Waals surface area contributed by atoms with E-state index in [1.165, 1.54) is 14.0 Å². The minimum Gasteiger partial charge on any atom is -0.496 e. The maximum Gasteiger partial charge on any atom is 0.229 e. The van der Waals surface area contributed by atoms with Gasteiger partial charge in [0, 0.05) is 17.7 Å². The smallest absolute Gasteiger partial charge is 0.229 e. The van der Waals surface area contributed by atoms with E-state index in [1.807, 2.05) is 6.07 Å². The fraction of sp³-hybridized carbons (Fsp3) is 0.300. The Morgan fingerprint density at radius 1 is 1.26 bits per heavy atom. The van der Waals surface area contributed by atoms with Crippen LogP contribution in [0.15, 0.2) is 30.3 Å². The molecule has 2 aromatic carbocycles. The lowest BCUT2D eigenvalue weighted by Gasteiger charge is -2.19. The molecular formula is C20H22ClFN2O3. The molecule has 2 N–H and O–H groups in total. The zero-order valence-corrected chi connectivity index (χ0v) is 16.0. The number of benzene rings is 2. The van der Waals surface area contributed by atoms with Crippen molar-refractivity contribution in [2.75, 3.05) is 19.0 Å². The number of halogens is 2. The normalized spacial score (nSPS) is 12.6. The summed E-state index contributed by atoms with van der Waals surface area (Å²) in [7, 11) is 1.50. The molecule has 27 heavy (non-hydrogen) atoms. The lowest BCUT2D eigenvalue weighted by atomic mass is 9.99. The van der Waals surface area contributed by atoms with Crippen molar-refractivity contribution >= 4 is 29.8 Å². The van der Waals surface area contributed by atoms with Gasteiger partial charge < -0.3 is 15.4 Å². The molecular weight excluding hydrogens is 371 g/mol. The van der Waals surface area contributed by atoms with E-state index in [1.54, 1.807) is 24.3 Å². The first kappa shape index (κ1) is 20.9. The van der Waals surface area contributed by atoms with Gasteiger partial charge in [-0.2, -0.15) is 0 Å². The summed E-state index contributed by atoms with van der Waals surface area (Å²) < 4.78 is 19.9. The number of ether oxygens (including phenoxy) is 1. The van der Waals surface area contributed by atoms with Crippen LogP contribution >= 0.6 is 12.4 Å². The average Bonchev–Trinajstić information content (AvgIpc) is 2.64. The molecule has 7 heteroatoms. The summed E-state index contributed by atoms with van der Waals surface area (Å²) in [6.45, 7) is 2.81. The fourth-order valence-electron chi connectivity index (χ4n) is 3.13. The Labute approximate surface area is 163 Å². The lowest BCUT2D eigenvalue weighted by Crippen LogP contribution is -2.25. The zero-order valence-electron chi connectivity index (χ0n) is 15.2. The number of Topliss-reactive ketones (excluding diaryl/α,β-unsaturated/α-hetero) is 1. The standard InChI is InChI=1S/C20H21FN2O3.ClH/c1-12(24)13-4-6-18(26-2)15(9-13)10-19(25)23-17-5-3-14-11-22-8-7-16(14)20(17)21;/h3-6,9,22H,7-8,10-11H2,1-2H3,(H,23,25);1H. The molecule has 0 bridgehead atoms. The number of hydrogen-bond acceptors (Lipinski definition) is 4. The van der Waals surface area contributed by atoms with Crippen molar-refractivity contribution in [3.8, 4) is 5.75 Å². The number of anilines is 1. The van der Waals surface area contributed by atoms with E-state index in [0.717, 1.165) is 12.1 Å². The van der Waals surface area contributed by atoms with E-state index < -0.39 is 0 Å². The highest BCUT2D eigenvalue weighted by molar-refractivity contribution is 5.96. The molecule has 0 atom stereocenters. The Bertz CT molecular complexity index is 871. The molecule has 0 spiro atoms. The summed E-state index contributed by atoms with van der Waals surface area (Å²) in [5.41, 5.74) is 2.83. The maximum absolute atomic E-state index is 14.7. The third-order valence-electron chi connectivity index (χ3n) is 4.52. The summed E-state index contributed by atoms with van der Waals surface area (Å²) in [5, 5.41) is 5.83. The van der Waals surface area contributed by atoms with Gasteiger partial charge in [-0.15, -0.1) is 12.4 Å². The highest BCUT2D eigenvalue weighted by atomic mass is 35.5. The molecule has 1 amide bonds. The molecule has 0 saturated carbocycles. The van der Waals surface area contributed by atoms with E-state index in [-0.39, 0.29) is 42.0 Å². The van der Waals surface area contributed by atoms with Crippen LogP contribution in [0.4, 0.5) is 10.1 Å². The number of carbonyl (C=O) groups excluding carboxylic acids is 2. The third-order valence-corrected chi connectivity index (χ3v) is 4.52. The van der Waals surface area contributed by atoms with Gasteiger partial charge in [0.15, 0.2) is 5.78 Å². The third kappa shape index (κ3) is 4.64. The van der Waals surface area contributed by atoms with Gasteiger partial charge in [0.25, 0.3) is 0 Å². The number of rotatable bonds is 5. The Morgan fingerprint density at radius 3 is 2.74 bits per heavy atom. The van der Waals surface area contributed by atoms with Gasteiger partial charge in [-0.3, -0.25) is 9.59 Å². The van der Waals surface area contributed by atoms with Crippen LogP contribution in [0.3, 0.4) is 0 Å². The number of carbonyl (C=O) groups is 2. The van der Waals surface area contributed by atoms with Gasteiger partial charge in [0.05, 0.1) is 19.2 Å². The van der Waals surface area contributed by atoms with Crippen LogP contribution < -0.4 is 15.4 Å². The van der Waals surface area contributed by atoms with Crippen molar-refractivity contribution in [3.63, 3.8) is 0 Å². The molecule has 0 fully saturated rings. The van der Waals surface area contributed by atoms with Gasteiger partial charge in [-0.25, -0.2) is 4.39 Å². The highest BCUT2D eigenvalue weighted by Crippen LogP contribution is 2.25. The highest BCUT2D eigenvalue weighted by Gasteiger charge is 2.18. The van der Waals surface area contributed by atoms with E-state index in [9.17, 15) is 14.0 Å². The number of nitrogens with one attached hydrogen (secondary N) is 2. The van der Waals surface area contributed by atoms with Crippen LogP contribution in [0, 0.1) is 5.82 Å². The van der Waals surface area contributed by atoms with Gasteiger partial charge in [0.2, 0.25) is 5.91 Å². The first-order valence-corrected chi connectivity index (χ1v) is 8.48. The van der Waals surface area contributed by atoms with E-state index in [4.69, 9.17) is 4.74 Å². The number of hydrogen-bond donors (Lipinski definition) is 2. The Morgan fingerprint density at radius 2 is 2.04 bits per heavy atom. The molecule has 0 aliphatic carbocycles. The molecule has 2 aromatic rings. The lowest BCUT2D eigenvalue weighted by molar-refractivity contribution is -0.115. The molecule has 1 aliphatic heterocycles. The van der Waals surface area contributed by atoms with Crippen LogP contribution in [0.5, 0.6) is 5.75 Å². The van der Waals surface area contributed by atoms with Crippen LogP contribution in [0.25, 0.3) is 0 Å². The Balaban J connectivity index is 0.00000261. The molecule has 144 valence electrons. The first-order chi connectivity index (χ1) is 12.5. The van der Waals surface area contributed by atoms with Crippen LogP contribution in [0.1, 0.15) is 34.0 Å². The van der Waals surface area contributed by atoms with Crippen LogP contribution in [-0.2, 0) is 24.2 Å². The molecule has 0 radical (unpaired) electrons. The largest absolute Gasteiger partial charge is 0.496 e. The summed E-state index contributed by atoms with van der Waals surface area (Å²) in [6.07, 6.45) is 0.585. The summed E-state index contributed by atoms with van der Waals surface area (Å²) >= 11 is 0. The summed E-state index contributed by atoms with van der Waals surface area (Å²) in [6, 6.07) is 8.36. The van der Waals surface area contributed by atoms with Crippen molar-refractivity contribution in [2.24, 2.45) is 0 Å². The molecule has 5 nitrogen and oxygen atoms in total. The second-order valence-corrected chi connectivity index (χ2v) is 6.30. The molecule has 1 aliphatic rings. The first-order valence-electron chi connectivity index (χ1n) is 8.48. The Hall–Kier alpha value is -2.44. The summed E-state index contributed by atoms with van der Waals surface area (Å²) in [4.78, 5) is 24.0. The SMILES string of the molecule is COc1ccc(C(C)=O)cc1CC(=O)Nc1ccc2c(c1F)CCNC2.Cl. The van der Waals surface area contributed by atoms with Crippen molar-refractivity contribution < 1.29 is 18.7 Å². The minimum atomic E-state index is -0.373. The number of methoxy groups -OCH3 is 1. The van der Waals surface area contributed by atoms with E-state index >= 15 is 0 Å². The second kappa shape index (κ2) is 8.97. The Kier molecular flexibility index (Phi) is 6.93. The summed E-state index contributed by atoms with van der Waals surface area (Å²) in [5.74, 6) is -0.315. The molecule has 0 aromatic heterocycles. The second-order valence-electron chi connectivity index (χ2n) is 6.30. The van der Waals surface area contributed by atoms with E-state index in [0.29, 0.717) is 35.4 Å². The van der Waals surface area contributed by atoms with Gasteiger partial charge in [-0.1, -0.05) is 6.07 Å². The van der Waals surface area contributed by atoms with Crippen molar-refractivity contribution in [3.05, 3.63) is 58.4 Å². The van der Waals surface area contributed by atoms with Gasteiger partial charge >= 0.3 is 0 Å². The van der Waals surface area contributed by atoms with Crippen molar-refractivity contribution in [1.82, 2.24) is 5.32 Å². The minimum absolute atomic E-state index is 0.